The van der Waals surface area contributed by atoms with Crippen molar-refractivity contribution in [3.05, 3.63) is 0 Å². The van der Waals surface area contributed by atoms with Crippen molar-refractivity contribution in [2.45, 2.75) is 83.3 Å². The van der Waals surface area contributed by atoms with Gasteiger partial charge in [-0.15, -0.1) is 0 Å². The van der Waals surface area contributed by atoms with Crippen LogP contribution in [0.5, 0.6) is 0 Å². The third kappa shape index (κ3) is 3.78. The summed E-state index contributed by atoms with van der Waals surface area (Å²) in [5.74, 6) is -0.429. The molecule has 0 aromatic carbocycles. The lowest BCUT2D eigenvalue weighted by atomic mass is 9.75. The zero-order valence-electron chi connectivity index (χ0n) is 13.6. The molecule has 2 atom stereocenters. The minimum Gasteiger partial charge on any atom is -0.481 e. The molecule has 21 heavy (non-hydrogen) atoms. The maximum absolute atomic E-state index is 11.8. The van der Waals surface area contributed by atoms with E-state index in [1.54, 1.807) is 0 Å². The van der Waals surface area contributed by atoms with Gasteiger partial charge in [0.1, 0.15) is 0 Å². The van der Waals surface area contributed by atoms with Crippen molar-refractivity contribution >= 4 is 5.97 Å². The van der Waals surface area contributed by atoms with Crippen LogP contribution < -0.4 is 5.73 Å². The van der Waals surface area contributed by atoms with Gasteiger partial charge >= 0.3 is 5.97 Å². The maximum atomic E-state index is 11.8. The number of carboxylic acids is 1. The van der Waals surface area contributed by atoms with Crippen LogP contribution in [-0.2, 0) is 9.53 Å². The Bertz CT molecular complexity index is 363. The van der Waals surface area contributed by atoms with Crippen molar-refractivity contribution in [3.8, 4) is 0 Å². The normalized spacial score (nSPS) is 27.9. The number of rotatable bonds is 6. The molecular formula is C17H31NO3. The van der Waals surface area contributed by atoms with E-state index in [1.165, 1.54) is 19.3 Å². The van der Waals surface area contributed by atoms with Gasteiger partial charge in [0.25, 0.3) is 0 Å². The molecule has 0 radical (unpaired) electrons. The van der Waals surface area contributed by atoms with Gasteiger partial charge in [-0.2, -0.15) is 0 Å². The first kappa shape index (κ1) is 16.8. The number of nitrogens with two attached hydrogens (primary N) is 1. The molecule has 0 bridgehead atoms. The molecule has 1 spiro atoms. The van der Waals surface area contributed by atoms with Crippen LogP contribution in [0, 0.1) is 11.3 Å². The van der Waals surface area contributed by atoms with E-state index in [-0.39, 0.29) is 18.2 Å². The zero-order valence-corrected chi connectivity index (χ0v) is 13.6. The van der Waals surface area contributed by atoms with Gasteiger partial charge in [-0.25, -0.2) is 0 Å². The number of aliphatic carboxylic acids is 1. The fraction of sp³-hybridized carbons (Fsp3) is 0.941. The van der Waals surface area contributed by atoms with Crippen LogP contribution in [0.25, 0.3) is 0 Å². The predicted molar refractivity (Wildman–Crippen MR) is 83.1 cm³/mol. The Morgan fingerprint density at radius 3 is 2.52 bits per heavy atom. The molecule has 2 unspecified atom stereocenters. The fourth-order valence-corrected chi connectivity index (χ4v) is 4.33. The van der Waals surface area contributed by atoms with Crippen molar-refractivity contribution in [3.63, 3.8) is 0 Å². The van der Waals surface area contributed by atoms with E-state index in [2.05, 4.69) is 13.8 Å². The molecule has 0 aromatic rings. The quantitative estimate of drug-likeness (QED) is 0.788. The molecule has 1 aliphatic carbocycles. The summed E-state index contributed by atoms with van der Waals surface area (Å²) in [5.41, 5.74) is 5.10. The van der Waals surface area contributed by atoms with E-state index in [4.69, 9.17) is 10.5 Å². The maximum Gasteiger partial charge on any atom is 0.311 e. The Morgan fingerprint density at radius 2 is 2.00 bits per heavy atom. The molecule has 3 N–H and O–H groups in total. The van der Waals surface area contributed by atoms with Crippen molar-refractivity contribution in [1.29, 1.82) is 0 Å². The molecule has 1 saturated carbocycles. The van der Waals surface area contributed by atoms with E-state index in [0.29, 0.717) is 18.8 Å². The average molecular weight is 297 g/mol. The van der Waals surface area contributed by atoms with Crippen LogP contribution in [0.3, 0.4) is 0 Å². The lowest BCUT2D eigenvalue weighted by Crippen LogP contribution is -2.43. The minimum atomic E-state index is -0.820. The van der Waals surface area contributed by atoms with Crippen LogP contribution in [0.2, 0.25) is 0 Å². The third-order valence-electron chi connectivity index (χ3n) is 5.37. The van der Waals surface area contributed by atoms with Gasteiger partial charge < -0.3 is 15.6 Å². The van der Waals surface area contributed by atoms with Crippen LogP contribution in [0.4, 0.5) is 0 Å². The molecule has 4 nitrogen and oxygen atoms in total. The molecule has 4 heteroatoms. The number of carbonyl (C=O) groups is 1. The first-order valence-electron chi connectivity index (χ1n) is 8.53. The molecule has 0 amide bonds. The number of hydrogen-bond donors (Lipinski definition) is 2. The van der Waals surface area contributed by atoms with Gasteiger partial charge in [-0.3, -0.25) is 4.79 Å². The first-order valence-corrected chi connectivity index (χ1v) is 8.53. The van der Waals surface area contributed by atoms with Gasteiger partial charge in [-0.05, 0) is 44.4 Å². The lowest BCUT2D eigenvalue weighted by Gasteiger charge is -2.36. The monoisotopic (exact) mass is 297 g/mol. The zero-order chi connectivity index (χ0) is 15.5. The Morgan fingerprint density at radius 1 is 1.33 bits per heavy atom. The molecule has 2 aliphatic rings. The summed E-state index contributed by atoms with van der Waals surface area (Å²) < 4.78 is 6.36. The Hall–Kier alpha value is -0.610. The molecule has 2 fully saturated rings. The summed E-state index contributed by atoms with van der Waals surface area (Å²) in [6.45, 7) is 4.32. The highest BCUT2D eigenvalue weighted by molar-refractivity contribution is 5.75. The Kier molecular flexibility index (Phi) is 5.31. The smallest absolute Gasteiger partial charge is 0.311 e. The van der Waals surface area contributed by atoms with Crippen molar-refractivity contribution in [1.82, 2.24) is 0 Å². The van der Waals surface area contributed by atoms with Gasteiger partial charge in [0.2, 0.25) is 0 Å². The standard InChI is InChI=1S/C17H31NO3/c1-13(2)10-16(12-18,15(19)20)11-14-6-9-17(21-14)7-4-3-5-8-17/h13-14H,3-12,18H2,1-2H3,(H,19,20). The second kappa shape index (κ2) is 6.66. The number of ether oxygens (including phenoxy) is 1. The molecule has 1 aliphatic heterocycles. The van der Waals surface area contributed by atoms with Crippen molar-refractivity contribution in [2.75, 3.05) is 6.54 Å². The summed E-state index contributed by atoms with van der Waals surface area (Å²) in [7, 11) is 0. The molecule has 122 valence electrons. The summed E-state index contributed by atoms with van der Waals surface area (Å²) in [6.07, 6.45) is 9.47. The van der Waals surface area contributed by atoms with E-state index >= 15 is 0 Å². The molecular weight excluding hydrogens is 266 g/mol. The van der Waals surface area contributed by atoms with Gasteiger partial charge in [0.15, 0.2) is 0 Å². The Balaban J connectivity index is 2.02. The largest absolute Gasteiger partial charge is 0.481 e. The highest BCUT2D eigenvalue weighted by Gasteiger charge is 2.46. The molecule has 1 heterocycles. The second-order valence-corrected chi connectivity index (χ2v) is 7.61. The highest BCUT2D eigenvalue weighted by atomic mass is 16.5. The topological polar surface area (TPSA) is 72.5 Å². The summed E-state index contributed by atoms with van der Waals surface area (Å²) in [4.78, 5) is 11.8. The third-order valence-corrected chi connectivity index (χ3v) is 5.37. The van der Waals surface area contributed by atoms with Crippen LogP contribution in [0.1, 0.15) is 71.6 Å². The van der Waals surface area contributed by atoms with E-state index in [9.17, 15) is 9.90 Å². The van der Waals surface area contributed by atoms with Crippen LogP contribution in [0.15, 0.2) is 0 Å². The van der Waals surface area contributed by atoms with E-state index in [1.807, 2.05) is 0 Å². The molecule has 2 rings (SSSR count). The number of carboxylic acid groups (broad SMARTS) is 1. The SMILES string of the molecule is CC(C)CC(CN)(CC1CCC2(CCCCC2)O1)C(=O)O. The summed E-state index contributed by atoms with van der Waals surface area (Å²) in [5, 5.41) is 9.70. The van der Waals surface area contributed by atoms with E-state index < -0.39 is 11.4 Å². The summed E-state index contributed by atoms with van der Waals surface area (Å²) in [6, 6.07) is 0. The van der Waals surface area contributed by atoms with Gasteiger partial charge in [0.05, 0.1) is 17.1 Å². The van der Waals surface area contributed by atoms with Crippen molar-refractivity contribution in [2.24, 2.45) is 17.1 Å². The molecule has 1 saturated heterocycles. The van der Waals surface area contributed by atoms with Gasteiger partial charge in [-0.1, -0.05) is 33.1 Å². The van der Waals surface area contributed by atoms with E-state index in [0.717, 1.165) is 25.7 Å². The Labute approximate surface area is 128 Å². The average Bonchev–Trinajstić information content (AvgIpc) is 2.80. The highest BCUT2D eigenvalue weighted by Crippen LogP contribution is 2.45. The second-order valence-electron chi connectivity index (χ2n) is 7.61. The predicted octanol–water partition coefficient (Wildman–Crippen LogP) is 3.33. The molecule has 0 aromatic heterocycles. The van der Waals surface area contributed by atoms with Crippen LogP contribution in [-0.4, -0.2) is 29.3 Å². The minimum absolute atomic E-state index is 0.0551. The fourth-order valence-electron chi connectivity index (χ4n) is 4.33. The van der Waals surface area contributed by atoms with Crippen LogP contribution >= 0.6 is 0 Å². The lowest BCUT2D eigenvalue weighted by molar-refractivity contribution is -0.154. The van der Waals surface area contributed by atoms with Gasteiger partial charge in [0, 0.05) is 6.54 Å². The van der Waals surface area contributed by atoms with Crippen molar-refractivity contribution < 1.29 is 14.6 Å². The first-order chi connectivity index (χ1) is 9.91. The summed E-state index contributed by atoms with van der Waals surface area (Å²) >= 11 is 0. The number of hydrogen-bond acceptors (Lipinski definition) is 3.